The van der Waals surface area contributed by atoms with E-state index in [9.17, 15) is 14.7 Å². The zero-order valence-corrected chi connectivity index (χ0v) is 13.1. The van der Waals surface area contributed by atoms with E-state index in [2.05, 4.69) is 17.2 Å². The minimum atomic E-state index is -0.807. The third-order valence-corrected chi connectivity index (χ3v) is 4.95. The Balaban J connectivity index is 2.03. The van der Waals surface area contributed by atoms with E-state index < -0.39 is 11.9 Å². The number of rotatable bonds is 5. The first kappa shape index (κ1) is 15.9. The van der Waals surface area contributed by atoms with Crippen molar-refractivity contribution in [2.75, 3.05) is 0 Å². The summed E-state index contributed by atoms with van der Waals surface area (Å²) in [6.45, 7) is 2.07. The lowest BCUT2D eigenvalue weighted by Crippen LogP contribution is -2.42. The molecule has 0 radical (unpaired) electrons. The maximum atomic E-state index is 12.3. The van der Waals surface area contributed by atoms with Crippen LogP contribution in [-0.2, 0) is 11.2 Å². The molecule has 1 fully saturated rings. The summed E-state index contributed by atoms with van der Waals surface area (Å²) in [6, 6.07) is -0.269. The molecule has 0 aliphatic heterocycles. The van der Waals surface area contributed by atoms with Gasteiger partial charge in [-0.25, -0.2) is 4.98 Å². The monoisotopic (exact) mass is 310 g/mol. The summed E-state index contributed by atoms with van der Waals surface area (Å²) in [5.74, 6) is -1.47. The highest BCUT2D eigenvalue weighted by Crippen LogP contribution is 2.24. The number of carbonyl (C=O) groups is 2. The van der Waals surface area contributed by atoms with Gasteiger partial charge in [0.1, 0.15) is 4.88 Å². The zero-order chi connectivity index (χ0) is 15.2. The van der Waals surface area contributed by atoms with E-state index in [0.29, 0.717) is 11.3 Å². The molecule has 0 bridgehead atoms. The number of aromatic nitrogens is 1. The second-order valence-corrected chi connectivity index (χ2v) is 6.65. The van der Waals surface area contributed by atoms with Crippen molar-refractivity contribution in [1.29, 1.82) is 0 Å². The second-order valence-electron chi connectivity index (χ2n) is 5.53. The molecule has 5 nitrogen and oxygen atoms in total. The minimum absolute atomic E-state index is 0.187. The number of aryl methyl sites for hydroxylation is 1. The van der Waals surface area contributed by atoms with E-state index in [-0.39, 0.29) is 11.9 Å². The third-order valence-electron chi connectivity index (χ3n) is 3.89. The molecule has 1 saturated carbocycles. The Hall–Kier alpha value is -1.43. The first-order chi connectivity index (χ1) is 10.1. The Morgan fingerprint density at radius 2 is 2.14 bits per heavy atom. The number of hydrogen-bond donors (Lipinski definition) is 2. The number of thiazole rings is 1. The highest BCUT2D eigenvalue weighted by Gasteiger charge is 2.31. The fourth-order valence-corrected chi connectivity index (χ4v) is 3.68. The quantitative estimate of drug-likeness (QED) is 0.820. The van der Waals surface area contributed by atoms with E-state index in [4.69, 9.17) is 0 Å². The Labute approximate surface area is 128 Å². The number of aliphatic carboxylic acids is 1. The fraction of sp³-hybridized carbons (Fsp3) is 0.667. The molecule has 2 N–H and O–H groups in total. The van der Waals surface area contributed by atoms with Gasteiger partial charge in [-0.2, -0.15) is 0 Å². The number of carboxylic acid groups (broad SMARTS) is 1. The summed E-state index contributed by atoms with van der Waals surface area (Å²) in [5, 5.41) is 13.2. The molecule has 1 aliphatic carbocycles. The van der Waals surface area contributed by atoms with Crippen LogP contribution in [0, 0.1) is 5.92 Å². The minimum Gasteiger partial charge on any atom is -0.481 e. The van der Waals surface area contributed by atoms with Crippen LogP contribution in [0.5, 0.6) is 0 Å². The molecule has 1 heterocycles. The largest absolute Gasteiger partial charge is 0.481 e. The van der Waals surface area contributed by atoms with Crippen molar-refractivity contribution in [3.8, 4) is 0 Å². The highest BCUT2D eigenvalue weighted by molar-refractivity contribution is 7.13. The maximum absolute atomic E-state index is 12.3. The van der Waals surface area contributed by atoms with E-state index in [1.54, 1.807) is 6.20 Å². The first-order valence-electron chi connectivity index (χ1n) is 7.60. The lowest BCUT2D eigenvalue weighted by atomic mass is 9.95. The molecule has 1 aliphatic rings. The standard InChI is InChI=1S/C15H22N2O3S/c1-2-6-13-16-9-12(21-13)14(18)17-11-8-5-3-4-7-10(11)15(19)20/h9-11H,2-8H2,1H3,(H,17,18)(H,19,20)/t10-,11+/m1/s1. The van der Waals surface area contributed by atoms with Gasteiger partial charge in [-0.3, -0.25) is 9.59 Å². The lowest BCUT2D eigenvalue weighted by Gasteiger charge is -2.22. The molecular weight excluding hydrogens is 288 g/mol. The SMILES string of the molecule is CCCc1ncc(C(=O)N[C@H]2CCCCC[C@H]2C(=O)O)s1. The van der Waals surface area contributed by atoms with Gasteiger partial charge in [0.05, 0.1) is 17.1 Å². The van der Waals surface area contributed by atoms with Crippen LogP contribution in [0.25, 0.3) is 0 Å². The molecular formula is C15H22N2O3S. The number of hydrogen-bond acceptors (Lipinski definition) is 4. The Morgan fingerprint density at radius 1 is 1.38 bits per heavy atom. The van der Waals surface area contributed by atoms with Gasteiger partial charge < -0.3 is 10.4 Å². The number of nitrogens with one attached hydrogen (secondary N) is 1. The zero-order valence-electron chi connectivity index (χ0n) is 12.3. The van der Waals surface area contributed by atoms with Gasteiger partial charge in [0.25, 0.3) is 5.91 Å². The van der Waals surface area contributed by atoms with Gasteiger partial charge in [0, 0.05) is 6.04 Å². The van der Waals surface area contributed by atoms with Crippen molar-refractivity contribution in [1.82, 2.24) is 10.3 Å². The molecule has 116 valence electrons. The molecule has 2 rings (SSSR count). The molecule has 1 amide bonds. The topological polar surface area (TPSA) is 79.3 Å². The van der Waals surface area contributed by atoms with E-state index in [0.717, 1.165) is 43.5 Å². The predicted octanol–water partition coefficient (Wildman–Crippen LogP) is 2.86. The summed E-state index contributed by atoms with van der Waals surface area (Å²) >= 11 is 1.40. The van der Waals surface area contributed by atoms with Gasteiger partial charge in [0.15, 0.2) is 0 Å². The van der Waals surface area contributed by atoms with E-state index in [1.165, 1.54) is 11.3 Å². The van der Waals surface area contributed by atoms with Crippen molar-refractivity contribution < 1.29 is 14.7 Å². The van der Waals surface area contributed by atoms with Gasteiger partial charge in [0.2, 0.25) is 0 Å². The summed E-state index contributed by atoms with van der Waals surface area (Å²) in [6.07, 6.45) is 7.78. The molecule has 0 saturated heterocycles. The van der Waals surface area contributed by atoms with Gasteiger partial charge in [-0.1, -0.05) is 26.2 Å². The molecule has 0 aromatic carbocycles. The molecule has 1 aromatic heterocycles. The Morgan fingerprint density at radius 3 is 2.86 bits per heavy atom. The van der Waals surface area contributed by atoms with E-state index in [1.807, 2.05) is 0 Å². The van der Waals surface area contributed by atoms with Gasteiger partial charge in [-0.15, -0.1) is 11.3 Å². The van der Waals surface area contributed by atoms with Crippen molar-refractivity contribution in [2.45, 2.75) is 57.9 Å². The van der Waals surface area contributed by atoms with Crippen LogP contribution in [0.2, 0.25) is 0 Å². The summed E-state index contributed by atoms with van der Waals surface area (Å²) < 4.78 is 0. The number of carboxylic acids is 1. The van der Waals surface area contributed by atoms with Crippen molar-refractivity contribution in [3.05, 3.63) is 16.1 Å². The maximum Gasteiger partial charge on any atom is 0.308 e. The van der Waals surface area contributed by atoms with Crippen LogP contribution in [0.1, 0.15) is 60.1 Å². The normalized spacial score (nSPS) is 22.5. The smallest absolute Gasteiger partial charge is 0.308 e. The number of carbonyl (C=O) groups excluding carboxylic acids is 1. The average molecular weight is 310 g/mol. The first-order valence-corrected chi connectivity index (χ1v) is 8.41. The summed E-state index contributed by atoms with van der Waals surface area (Å²) in [7, 11) is 0. The van der Waals surface area contributed by atoms with Crippen LogP contribution in [0.4, 0.5) is 0 Å². The van der Waals surface area contributed by atoms with Crippen molar-refractivity contribution in [3.63, 3.8) is 0 Å². The number of nitrogens with zero attached hydrogens (tertiary/aromatic N) is 1. The van der Waals surface area contributed by atoms with Gasteiger partial charge in [-0.05, 0) is 25.7 Å². The van der Waals surface area contributed by atoms with Crippen LogP contribution >= 0.6 is 11.3 Å². The highest BCUT2D eigenvalue weighted by atomic mass is 32.1. The van der Waals surface area contributed by atoms with E-state index >= 15 is 0 Å². The fourth-order valence-electron chi connectivity index (χ4n) is 2.76. The summed E-state index contributed by atoms with van der Waals surface area (Å²) in [4.78, 5) is 28.5. The van der Waals surface area contributed by atoms with Crippen LogP contribution in [0.3, 0.4) is 0 Å². The third kappa shape index (κ3) is 4.27. The van der Waals surface area contributed by atoms with Crippen LogP contribution in [0.15, 0.2) is 6.20 Å². The molecule has 2 atom stereocenters. The molecule has 0 unspecified atom stereocenters. The van der Waals surface area contributed by atoms with Crippen molar-refractivity contribution >= 4 is 23.2 Å². The lowest BCUT2D eigenvalue weighted by molar-refractivity contribution is -0.142. The second kappa shape index (κ2) is 7.54. The number of amides is 1. The molecule has 6 heteroatoms. The predicted molar refractivity (Wildman–Crippen MR) is 81.6 cm³/mol. The molecule has 0 spiro atoms. The van der Waals surface area contributed by atoms with Crippen LogP contribution < -0.4 is 5.32 Å². The molecule has 21 heavy (non-hydrogen) atoms. The Bertz CT molecular complexity index is 501. The van der Waals surface area contributed by atoms with Crippen LogP contribution in [-0.4, -0.2) is 28.0 Å². The molecule has 1 aromatic rings. The Kier molecular flexibility index (Phi) is 5.73. The van der Waals surface area contributed by atoms with Crippen molar-refractivity contribution in [2.24, 2.45) is 5.92 Å². The van der Waals surface area contributed by atoms with Gasteiger partial charge >= 0.3 is 5.97 Å². The summed E-state index contributed by atoms with van der Waals surface area (Å²) in [5.41, 5.74) is 0. The average Bonchev–Trinajstić information content (AvgIpc) is 2.78.